The summed E-state index contributed by atoms with van der Waals surface area (Å²) in [5.41, 5.74) is 1.55. The summed E-state index contributed by atoms with van der Waals surface area (Å²) in [5.74, 6) is -0.444. The van der Waals surface area contributed by atoms with Crippen molar-refractivity contribution in [3.8, 4) is 0 Å². The van der Waals surface area contributed by atoms with Gasteiger partial charge in [0.05, 0.1) is 0 Å². The molecular formula is C21H20BrN3O3. The fourth-order valence-corrected chi connectivity index (χ4v) is 4.08. The molecule has 2 aromatic rings. The molecule has 2 saturated heterocycles. The number of nitrogens with zero attached hydrogens (tertiary/aromatic N) is 1. The van der Waals surface area contributed by atoms with Crippen LogP contribution in [0.3, 0.4) is 0 Å². The van der Waals surface area contributed by atoms with Crippen LogP contribution in [0.15, 0.2) is 59.1 Å². The van der Waals surface area contributed by atoms with E-state index < -0.39 is 12.1 Å². The van der Waals surface area contributed by atoms with E-state index in [1.165, 1.54) is 0 Å². The summed E-state index contributed by atoms with van der Waals surface area (Å²) in [6.45, 7) is 0.352. The minimum absolute atomic E-state index is 0.0890. The molecule has 28 heavy (non-hydrogen) atoms. The van der Waals surface area contributed by atoms with Crippen LogP contribution < -0.4 is 10.6 Å². The quantitative estimate of drug-likeness (QED) is 0.760. The van der Waals surface area contributed by atoms with Crippen molar-refractivity contribution in [3.05, 3.63) is 70.2 Å². The third-order valence-electron chi connectivity index (χ3n) is 5.23. The van der Waals surface area contributed by atoms with E-state index in [0.29, 0.717) is 24.9 Å². The number of hydrogen-bond donors (Lipinski definition) is 2. The highest BCUT2D eigenvalue weighted by atomic mass is 79.9. The normalized spacial score (nSPS) is 23.9. The summed E-state index contributed by atoms with van der Waals surface area (Å²) >= 11 is 3.35. The minimum atomic E-state index is -0.563. The molecule has 4 rings (SSSR count). The molecule has 0 spiro atoms. The van der Waals surface area contributed by atoms with Crippen LogP contribution in [0, 0.1) is 0 Å². The van der Waals surface area contributed by atoms with Crippen molar-refractivity contribution in [3.63, 3.8) is 0 Å². The first-order valence-corrected chi connectivity index (χ1v) is 10.0. The Morgan fingerprint density at radius 2 is 1.82 bits per heavy atom. The van der Waals surface area contributed by atoms with Gasteiger partial charge in [-0.2, -0.15) is 0 Å². The van der Waals surface area contributed by atoms with E-state index >= 15 is 0 Å². The van der Waals surface area contributed by atoms with Crippen molar-refractivity contribution < 1.29 is 14.4 Å². The Hall–Kier alpha value is -2.67. The SMILES string of the molecule is O=C(N[C@H]1C[C@H]2C(=O)N[C@H](Cc3ccccc3)C(=O)N2C1)c1ccc(Br)cc1. The second kappa shape index (κ2) is 7.75. The Morgan fingerprint density at radius 1 is 1.11 bits per heavy atom. The van der Waals surface area contributed by atoms with Gasteiger partial charge in [0.15, 0.2) is 0 Å². The summed E-state index contributed by atoms with van der Waals surface area (Å²) in [5, 5.41) is 5.80. The molecule has 0 aliphatic carbocycles. The van der Waals surface area contributed by atoms with Crippen molar-refractivity contribution in [2.24, 2.45) is 0 Å². The molecule has 2 aliphatic rings. The molecule has 3 amide bonds. The Balaban J connectivity index is 1.42. The predicted octanol–water partition coefficient (Wildman–Crippen LogP) is 1.89. The van der Waals surface area contributed by atoms with Crippen molar-refractivity contribution >= 4 is 33.7 Å². The van der Waals surface area contributed by atoms with Gasteiger partial charge < -0.3 is 15.5 Å². The first-order valence-electron chi connectivity index (χ1n) is 9.22. The van der Waals surface area contributed by atoms with E-state index in [1.807, 2.05) is 30.3 Å². The minimum Gasteiger partial charge on any atom is -0.347 e. The van der Waals surface area contributed by atoms with Crippen molar-refractivity contribution in [2.45, 2.75) is 31.0 Å². The number of benzene rings is 2. The van der Waals surface area contributed by atoms with Crippen molar-refractivity contribution in [1.29, 1.82) is 0 Å². The third kappa shape index (κ3) is 3.80. The first kappa shape index (κ1) is 18.7. The zero-order chi connectivity index (χ0) is 19.7. The molecule has 0 unspecified atom stereocenters. The maximum Gasteiger partial charge on any atom is 0.251 e. The summed E-state index contributed by atoms with van der Waals surface area (Å²) < 4.78 is 0.897. The average molecular weight is 442 g/mol. The lowest BCUT2D eigenvalue weighted by Crippen LogP contribution is -2.61. The monoisotopic (exact) mass is 441 g/mol. The van der Waals surface area contributed by atoms with Gasteiger partial charge in [0.2, 0.25) is 11.8 Å². The first-order chi connectivity index (χ1) is 13.5. The van der Waals surface area contributed by atoms with Gasteiger partial charge >= 0.3 is 0 Å². The second-order valence-electron chi connectivity index (χ2n) is 7.17. The Labute approximate surface area is 171 Å². The number of hydrogen-bond acceptors (Lipinski definition) is 3. The van der Waals surface area contributed by atoms with Gasteiger partial charge in [0.25, 0.3) is 5.91 Å². The van der Waals surface area contributed by atoms with E-state index in [0.717, 1.165) is 10.0 Å². The molecule has 2 aliphatic heterocycles. The summed E-state index contributed by atoms with van der Waals surface area (Å²) in [7, 11) is 0. The van der Waals surface area contributed by atoms with Gasteiger partial charge in [-0.3, -0.25) is 14.4 Å². The molecule has 0 radical (unpaired) electrons. The molecule has 0 saturated carbocycles. The average Bonchev–Trinajstić information content (AvgIpc) is 3.12. The fraction of sp³-hybridized carbons (Fsp3) is 0.286. The maximum absolute atomic E-state index is 12.9. The Kier molecular flexibility index (Phi) is 5.17. The van der Waals surface area contributed by atoms with E-state index in [9.17, 15) is 14.4 Å². The highest BCUT2D eigenvalue weighted by Crippen LogP contribution is 2.24. The summed E-state index contributed by atoms with van der Waals surface area (Å²) in [6.07, 6.45) is 0.891. The molecule has 2 fully saturated rings. The van der Waals surface area contributed by atoms with Gasteiger partial charge in [-0.25, -0.2) is 0 Å². The smallest absolute Gasteiger partial charge is 0.251 e. The van der Waals surface area contributed by atoms with Gasteiger partial charge in [-0.15, -0.1) is 0 Å². The summed E-state index contributed by atoms with van der Waals surface area (Å²) in [6, 6.07) is 15.4. The Bertz CT molecular complexity index is 901. The number of amides is 3. The van der Waals surface area contributed by atoms with Crippen LogP contribution in [0.5, 0.6) is 0 Å². The molecule has 2 heterocycles. The number of halogens is 1. The lowest BCUT2D eigenvalue weighted by Gasteiger charge is -2.34. The van der Waals surface area contributed by atoms with Crippen LogP contribution in [-0.4, -0.2) is 47.3 Å². The lowest BCUT2D eigenvalue weighted by molar-refractivity contribution is -0.147. The number of carbonyl (C=O) groups excluding carboxylic acids is 3. The molecule has 2 aromatic carbocycles. The van der Waals surface area contributed by atoms with E-state index in [2.05, 4.69) is 26.6 Å². The molecule has 0 aromatic heterocycles. The standard InChI is InChI=1S/C21H20BrN3O3/c22-15-8-6-14(7-9-15)19(26)23-16-11-18-20(27)24-17(21(28)25(18)12-16)10-13-4-2-1-3-5-13/h1-9,16-18H,10-12H2,(H,23,26)(H,24,27)/t16-,17+,18-/m0/s1. The van der Waals surface area contributed by atoms with Crippen LogP contribution in [0.2, 0.25) is 0 Å². The van der Waals surface area contributed by atoms with Crippen LogP contribution in [0.1, 0.15) is 22.3 Å². The highest BCUT2D eigenvalue weighted by molar-refractivity contribution is 9.10. The van der Waals surface area contributed by atoms with Crippen LogP contribution in [0.4, 0.5) is 0 Å². The number of piperazine rings is 1. The van der Waals surface area contributed by atoms with Crippen LogP contribution in [0.25, 0.3) is 0 Å². The lowest BCUT2D eigenvalue weighted by atomic mass is 10.0. The van der Waals surface area contributed by atoms with Gasteiger partial charge in [-0.05, 0) is 36.2 Å². The predicted molar refractivity (Wildman–Crippen MR) is 108 cm³/mol. The molecule has 3 atom stereocenters. The number of fused-ring (bicyclic) bond motifs is 1. The van der Waals surface area contributed by atoms with Gasteiger partial charge in [0.1, 0.15) is 12.1 Å². The number of nitrogens with one attached hydrogen (secondary N) is 2. The van der Waals surface area contributed by atoms with Gasteiger partial charge in [0, 0.05) is 29.0 Å². The van der Waals surface area contributed by atoms with Crippen LogP contribution in [-0.2, 0) is 16.0 Å². The third-order valence-corrected chi connectivity index (χ3v) is 5.75. The fourth-order valence-electron chi connectivity index (χ4n) is 3.82. The van der Waals surface area contributed by atoms with Crippen LogP contribution >= 0.6 is 15.9 Å². The number of rotatable bonds is 4. The number of carbonyl (C=O) groups is 3. The Morgan fingerprint density at radius 3 is 2.54 bits per heavy atom. The topological polar surface area (TPSA) is 78.5 Å². The maximum atomic E-state index is 12.9. The molecular weight excluding hydrogens is 422 g/mol. The molecule has 0 bridgehead atoms. The zero-order valence-corrected chi connectivity index (χ0v) is 16.7. The molecule has 144 valence electrons. The molecule has 2 N–H and O–H groups in total. The van der Waals surface area contributed by atoms with E-state index in [-0.39, 0.29) is 23.8 Å². The van der Waals surface area contributed by atoms with E-state index in [4.69, 9.17) is 0 Å². The van der Waals surface area contributed by atoms with E-state index in [1.54, 1.807) is 29.2 Å². The molecule has 6 nitrogen and oxygen atoms in total. The summed E-state index contributed by atoms with van der Waals surface area (Å²) in [4.78, 5) is 39.5. The highest BCUT2D eigenvalue weighted by Gasteiger charge is 2.46. The largest absolute Gasteiger partial charge is 0.347 e. The second-order valence-corrected chi connectivity index (χ2v) is 8.09. The molecule has 7 heteroatoms. The van der Waals surface area contributed by atoms with Crippen molar-refractivity contribution in [2.75, 3.05) is 6.54 Å². The zero-order valence-electron chi connectivity index (χ0n) is 15.1. The van der Waals surface area contributed by atoms with Gasteiger partial charge in [-0.1, -0.05) is 46.3 Å². The van der Waals surface area contributed by atoms with Crippen molar-refractivity contribution in [1.82, 2.24) is 15.5 Å².